The molecule has 0 unspecified atom stereocenters. The number of carbonyl (C=O) groups is 2. The molecule has 19 heavy (non-hydrogen) atoms. The van der Waals surface area contributed by atoms with Gasteiger partial charge in [0, 0.05) is 13.1 Å². The Balaban J connectivity index is 1.95. The van der Waals surface area contributed by atoms with Crippen LogP contribution in [0.15, 0.2) is 6.20 Å². The van der Waals surface area contributed by atoms with Gasteiger partial charge in [0.1, 0.15) is 6.54 Å². The first-order chi connectivity index (χ1) is 9.06. The van der Waals surface area contributed by atoms with Gasteiger partial charge in [-0.2, -0.15) is 0 Å². The van der Waals surface area contributed by atoms with Crippen molar-refractivity contribution >= 4 is 11.9 Å². The molecule has 1 aliphatic rings. The van der Waals surface area contributed by atoms with Gasteiger partial charge in [0.05, 0.1) is 18.3 Å². The van der Waals surface area contributed by atoms with Gasteiger partial charge >= 0.3 is 5.97 Å². The highest BCUT2D eigenvalue weighted by atomic mass is 16.4. The van der Waals surface area contributed by atoms with Crippen LogP contribution in [0.5, 0.6) is 0 Å². The summed E-state index contributed by atoms with van der Waals surface area (Å²) < 4.78 is 1.37. The Morgan fingerprint density at radius 2 is 2.11 bits per heavy atom. The van der Waals surface area contributed by atoms with E-state index in [4.69, 9.17) is 5.11 Å². The van der Waals surface area contributed by atoms with Crippen LogP contribution in [0.25, 0.3) is 0 Å². The molecule has 0 radical (unpaired) electrons. The van der Waals surface area contributed by atoms with Crippen LogP contribution in [0, 0.1) is 5.92 Å². The molecular weight excluding hydrogens is 248 g/mol. The van der Waals surface area contributed by atoms with Gasteiger partial charge in [-0.05, 0) is 18.8 Å². The van der Waals surface area contributed by atoms with Gasteiger partial charge in [-0.15, -0.1) is 5.10 Å². The molecule has 1 aliphatic heterocycles. The average molecular weight is 266 g/mol. The Morgan fingerprint density at radius 1 is 1.42 bits per heavy atom. The number of likely N-dealkylation sites (tertiary alicyclic amines) is 1. The Bertz CT molecular complexity index is 463. The standard InChI is InChI=1S/C12H18N4O3/c1-9-2-4-15(5-3-9)11(17)8-16-10(6-12(18)19)7-13-14-16/h7,9H,2-6,8H2,1H3,(H,18,19). The van der Waals surface area contributed by atoms with E-state index >= 15 is 0 Å². The number of nitrogens with zero attached hydrogens (tertiary/aromatic N) is 4. The predicted octanol–water partition coefficient (Wildman–Crippen LogP) is 0.164. The largest absolute Gasteiger partial charge is 0.481 e. The highest BCUT2D eigenvalue weighted by Crippen LogP contribution is 2.16. The lowest BCUT2D eigenvalue weighted by Gasteiger charge is -2.30. The van der Waals surface area contributed by atoms with Crippen LogP contribution in [0.3, 0.4) is 0 Å². The summed E-state index contributed by atoms with van der Waals surface area (Å²) in [4.78, 5) is 24.6. The van der Waals surface area contributed by atoms with Crippen molar-refractivity contribution in [2.75, 3.05) is 13.1 Å². The van der Waals surface area contributed by atoms with Gasteiger partial charge < -0.3 is 10.0 Å². The first kappa shape index (κ1) is 13.5. The molecule has 0 atom stereocenters. The second kappa shape index (κ2) is 5.81. The molecule has 2 heterocycles. The lowest BCUT2D eigenvalue weighted by molar-refractivity contribution is -0.137. The first-order valence-corrected chi connectivity index (χ1v) is 6.43. The topological polar surface area (TPSA) is 88.3 Å². The van der Waals surface area contributed by atoms with Crippen LogP contribution in [0.4, 0.5) is 0 Å². The molecule has 1 N–H and O–H groups in total. The van der Waals surface area contributed by atoms with Crippen molar-refractivity contribution in [1.82, 2.24) is 19.9 Å². The fourth-order valence-electron chi connectivity index (χ4n) is 2.19. The molecule has 1 aromatic heterocycles. The minimum Gasteiger partial charge on any atom is -0.481 e. The van der Waals surface area contributed by atoms with Crippen molar-refractivity contribution in [1.29, 1.82) is 0 Å². The summed E-state index contributed by atoms with van der Waals surface area (Å²) in [6.07, 6.45) is 3.26. The minimum absolute atomic E-state index is 0.0240. The van der Waals surface area contributed by atoms with E-state index in [9.17, 15) is 9.59 Å². The number of carbonyl (C=O) groups excluding carboxylic acids is 1. The van der Waals surface area contributed by atoms with Crippen molar-refractivity contribution in [3.8, 4) is 0 Å². The Morgan fingerprint density at radius 3 is 2.74 bits per heavy atom. The number of aliphatic carboxylic acids is 1. The summed E-state index contributed by atoms with van der Waals surface area (Å²) >= 11 is 0. The predicted molar refractivity (Wildman–Crippen MR) is 66.3 cm³/mol. The van der Waals surface area contributed by atoms with Gasteiger partial charge in [0.25, 0.3) is 0 Å². The van der Waals surface area contributed by atoms with Crippen molar-refractivity contribution in [2.45, 2.75) is 32.7 Å². The zero-order valence-electron chi connectivity index (χ0n) is 10.9. The van der Waals surface area contributed by atoms with E-state index in [-0.39, 0.29) is 18.9 Å². The Kier molecular flexibility index (Phi) is 4.13. The van der Waals surface area contributed by atoms with Gasteiger partial charge in [-0.1, -0.05) is 12.1 Å². The highest BCUT2D eigenvalue weighted by Gasteiger charge is 2.21. The van der Waals surface area contributed by atoms with E-state index in [1.165, 1.54) is 10.9 Å². The normalized spacial score (nSPS) is 16.6. The molecule has 0 aromatic carbocycles. The van der Waals surface area contributed by atoms with E-state index in [0.29, 0.717) is 11.6 Å². The Labute approximate surface area is 111 Å². The molecule has 0 aliphatic carbocycles. The molecular formula is C12H18N4O3. The lowest BCUT2D eigenvalue weighted by atomic mass is 9.99. The van der Waals surface area contributed by atoms with Crippen molar-refractivity contribution < 1.29 is 14.7 Å². The van der Waals surface area contributed by atoms with E-state index in [0.717, 1.165) is 25.9 Å². The molecule has 1 aromatic rings. The van der Waals surface area contributed by atoms with Crippen LogP contribution < -0.4 is 0 Å². The minimum atomic E-state index is -0.956. The first-order valence-electron chi connectivity index (χ1n) is 6.43. The summed E-state index contributed by atoms with van der Waals surface area (Å²) in [5, 5.41) is 16.2. The molecule has 7 heteroatoms. The summed E-state index contributed by atoms with van der Waals surface area (Å²) in [6, 6.07) is 0. The molecule has 0 bridgehead atoms. The molecule has 0 saturated carbocycles. The summed E-state index contributed by atoms with van der Waals surface area (Å²) in [6.45, 7) is 3.78. The summed E-state index contributed by atoms with van der Waals surface area (Å²) in [5.41, 5.74) is 0.450. The number of hydrogen-bond donors (Lipinski definition) is 1. The maximum Gasteiger partial charge on any atom is 0.309 e. The Hall–Kier alpha value is -1.92. The third-order valence-corrected chi connectivity index (χ3v) is 3.45. The number of carboxylic acid groups (broad SMARTS) is 1. The van der Waals surface area contributed by atoms with E-state index in [2.05, 4.69) is 17.2 Å². The smallest absolute Gasteiger partial charge is 0.309 e. The van der Waals surface area contributed by atoms with Crippen LogP contribution in [-0.2, 0) is 22.6 Å². The second-order valence-electron chi connectivity index (χ2n) is 5.02. The molecule has 7 nitrogen and oxygen atoms in total. The fourth-order valence-corrected chi connectivity index (χ4v) is 2.19. The van der Waals surface area contributed by atoms with E-state index < -0.39 is 5.97 Å². The molecule has 1 fully saturated rings. The van der Waals surface area contributed by atoms with Crippen LogP contribution in [0.1, 0.15) is 25.5 Å². The van der Waals surface area contributed by atoms with Crippen molar-refractivity contribution in [3.63, 3.8) is 0 Å². The lowest BCUT2D eigenvalue weighted by Crippen LogP contribution is -2.40. The van der Waals surface area contributed by atoms with Crippen LogP contribution in [0.2, 0.25) is 0 Å². The van der Waals surface area contributed by atoms with Gasteiger partial charge in [0.2, 0.25) is 5.91 Å². The molecule has 2 rings (SSSR count). The monoisotopic (exact) mass is 266 g/mol. The van der Waals surface area contributed by atoms with Crippen LogP contribution in [-0.4, -0.2) is 50.0 Å². The molecule has 1 amide bonds. The summed E-state index contributed by atoms with van der Waals surface area (Å²) in [7, 11) is 0. The van der Waals surface area contributed by atoms with Crippen LogP contribution >= 0.6 is 0 Å². The van der Waals surface area contributed by atoms with Crippen molar-refractivity contribution in [3.05, 3.63) is 11.9 Å². The average Bonchev–Trinajstić information content (AvgIpc) is 2.76. The molecule has 104 valence electrons. The van der Waals surface area contributed by atoms with Gasteiger partial charge in [-0.3, -0.25) is 9.59 Å². The molecule has 1 saturated heterocycles. The zero-order valence-corrected chi connectivity index (χ0v) is 10.9. The van der Waals surface area contributed by atoms with Crippen molar-refractivity contribution in [2.24, 2.45) is 5.92 Å². The van der Waals surface area contributed by atoms with E-state index in [1.54, 1.807) is 0 Å². The molecule has 0 spiro atoms. The highest BCUT2D eigenvalue weighted by molar-refractivity contribution is 5.76. The SMILES string of the molecule is CC1CCN(C(=O)Cn2nncc2CC(=O)O)CC1. The number of rotatable bonds is 4. The zero-order chi connectivity index (χ0) is 13.8. The third-order valence-electron chi connectivity index (χ3n) is 3.45. The third kappa shape index (κ3) is 3.52. The van der Waals surface area contributed by atoms with Gasteiger partial charge in [-0.25, -0.2) is 4.68 Å². The number of carboxylic acids is 1. The fraction of sp³-hybridized carbons (Fsp3) is 0.667. The number of hydrogen-bond acceptors (Lipinski definition) is 4. The maximum absolute atomic E-state index is 12.1. The number of amides is 1. The summed E-state index contributed by atoms with van der Waals surface area (Å²) in [5.74, 6) is -0.315. The van der Waals surface area contributed by atoms with Gasteiger partial charge in [0.15, 0.2) is 0 Å². The maximum atomic E-state index is 12.1. The van der Waals surface area contributed by atoms with E-state index in [1.807, 2.05) is 4.90 Å². The second-order valence-corrected chi connectivity index (χ2v) is 5.02. The number of aromatic nitrogens is 3. The quantitative estimate of drug-likeness (QED) is 0.839. The number of piperidine rings is 1.